The Balaban J connectivity index is 2.46. The molecule has 0 spiro atoms. The molecule has 0 saturated heterocycles. The lowest BCUT2D eigenvalue weighted by Crippen LogP contribution is -2.46. The smallest absolute Gasteiger partial charge is 0.245 e. The lowest BCUT2D eigenvalue weighted by atomic mass is 10.1. The molecule has 7 heteroatoms. The quantitative estimate of drug-likeness (QED) is 0.731. The molecule has 0 aliphatic rings. The summed E-state index contributed by atoms with van der Waals surface area (Å²) in [4.78, 5) is 28.7. The van der Waals surface area contributed by atoms with Crippen molar-refractivity contribution in [1.29, 1.82) is 0 Å². The number of nitrogens with one attached hydrogen (secondary N) is 2. The van der Waals surface area contributed by atoms with Crippen molar-refractivity contribution in [2.75, 3.05) is 11.9 Å². The SMILES string of the molecule is CCc1nc(NC(=O)CNC(=O)[C@@H](N)C(C)C)sc1C. The van der Waals surface area contributed by atoms with Gasteiger partial charge in [0.25, 0.3) is 0 Å². The van der Waals surface area contributed by atoms with Crippen molar-refractivity contribution in [3.8, 4) is 0 Å². The molecule has 0 aliphatic carbocycles. The highest BCUT2D eigenvalue weighted by atomic mass is 32.1. The molecule has 0 fully saturated rings. The van der Waals surface area contributed by atoms with Gasteiger partial charge in [-0.15, -0.1) is 11.3 Å². The molecule has 4 N–H and O–H groups in total. The third kappa shape index (κ3) is 4.57. The predicted octanol–water partition coefficient (Wildman–Crippen LogP) is 1.05. The predicted molar refractivity (Wildman–Crippen MR) is 80.7 cm³/mol. The van der Waals surface area contributed by atoms with Crippen molar-refractivity contribution in [3.05, 3.63) is 10.6 Å². The van der Waals surface area contributed by atoms with Gasteiger partial charge in [-0.25, -0.2) is 4.98 Å². The van der Waals surface area contributed by atoms with Crippen LogP contribution < -0.4 is 16.4 Å². The van der Waals surface area contributed by atoms with Gasteiger partial charge in [-0.3, -0.25) is 9.59 Å². The van der Waals surface area contributed by atoms with Crippen molar-refractivity contribution in [1.82, 2.24) is 10.3 Å². The fourth-order valence-electron chi connectivity index (χ4n) is 1.56. The number of aromatic nitrogens is 1. The molecule has 0 radical (unpaired) electrons. The van der Waals surface area contributed by atoms with Crippen LogP contribution in [0.5, 0.6) is 0 Å². The van der Waals surface area contributed by atoms with Crippen LogP contribution in [-0.2, 0) is 16.0 Å². The molecule has 1 atom stereocenters. The van der Waals surface area contributed by atoms with E-state index in [-0.39, 0.29) is 24.3 Å². The molecule has 2 amide bonds. The van der Waals surface area contributed by atoms with Crippen LogP contribution in [0.2, 0.25) is 0 Å². The van der Waals surface area contributed by atoms with Gasteiger partial charge >= 0.3 is 0 Å². The van der Waals surface area contributed by atoms with Gasteiger partial charge in [-0.05, 0) is 19.3 Å². The summed E-state index contributed by atoms with van der Waals surface area (Å²) in [5, 5.41) is 5.76. The minimum atomic E-state index is -0.600. The van der Waals surface area contributed by atoms with E-state index in [0.29, 0.717) is 5.13 Å². The van der Waals surface area contributed by atoms with Gasteiger partial charge in [0.2, 0.25) is 11.8 Å². The Hall–Kier alpha value is -1.47. The number of hydrogen-bond acceptors (Lipinski definition) is 5. The molecule has 6 nitrogen and oxygen atoms in total. The molecule has 112 valence electrons. The lowest BCUT2D eigenvalue weighted by molar-refractivity contribution is -0.125. The number of thiazole rings is 1. The summed E-state index contributed by atoms with van der Waals surface area (Å²) in [5.41, 5.74) is 6.67. The zero-order valence-electron chi connectivity index (χ0n) is 12.3. The van der Waals surface area contributed by atoms with E-state index in [4.69, 9.17) is 5.73 Å². The van der Waals surface area contributed by atoms with Gasteiger partial charge in [-0.1, -0.05) is 20.8 Å². The van der Waals surface area contributed by atoms with Crippen LogP contribution in [0.1, 0.15) is 31.3 Å². The first-order valence-electron chi connectivity index (χ1n) is 6.64. The number of carbonyl (C=O) groups is 2. The van der Waals surface area contributed by atoms with E-state index in [9.17, 15) is 9.59 Å². The average molecular weight is 298 g/mol. The fraction of sp³-hybridized carbons (Fsp3) is 0.615. The minimum Gasteiger partial charge on any atom is -0.346 e. The van der Waals surface area contributed by atoms with Gasteiger partial charge in [0.05, 0.1) is 18.3 Å². The first-order valence-corrected chi connectivity index (χ1v) is 7.46. The summed E-state index contributed by atoms with van der Waals surface area (Å²) in [5.74, 6) is -0.586. The number of rotatable bonds is 6. The molecular formula is C13H22N4O2S. The van der Waals surface area contributed by atoms with Crippen molar-refractivity contribution < 1.29 is 9.59 Å². The highest BCUT2D eigenvalue weighted by molar-refractivity contribution is 7.15. The average Bonchev–Trinajstić information content (AvgIpc) is 2.74. The lowest BCUT2D eigenvalue weighted by Gasteiger charge is -2.14. The minimum absolute atomic E-state index is 0.0341. The number of aryl methyl sites for hydroxylation is 2. The number of amides is 2. The molecule has 1 heterocycles. The zero-order valence-corrected chi connectivity index (χ0v) is 13.1. The van der Waals surface area contributed by atoms with E-state index >= 15 is 0 Å². The van der Waals surface area contributed by atoms with E-state index in [1.165, 1.54) is 11.3 Å². The van der Waals surface area contributed by atoms with Gasteiger partial charge in [0.1, 0.15) is 0 Å². The third-order valence-corrected chi connectivity index (χ3v) is 3.85. The second-order valence-electron chi connectivity index (χ2n) is 4.91. The maximum absolute atomic E-state index is 11.7. The highest BCUT2D eigenvalue weighted by Gasteiger charge is 2.18. The third-order valence-electron chi connectivity index (χ3n) is 2.92. The topological polar surface area (TPSA) is 97.1 Å². The molecule has 0 unspecified atom stereocenters. The Bertz CT molecular complexity index is 485. The van der Waals surface area contributed by atoms with Gasteiger partial charge in [0.15, 0.2) is 5.13 Å². The van der Waals surface area contributed by atoms with Gasteiger partial charge in [-0.2, -0.15) is 0 Å². The van der Waals surface area contributed by atoms with Crippen LogP contribution >= 0.6 is 11.3 Å². The number of carbonyl (C=O) groups excluding carboxylic acids is 2. The molecule has 20 heavy (non-hydrogen) atoms. The first-order chi connectivity index (χ1) is 9.35. The molecule has 1 aromatic heterocycles. The Morgan fingerprint density at radius 2 is 2.05 bits per heavy atom. The highest BCUT2D eigenvalue weighted by Crippen LogP contribution is 2.21. The molecule has 0 aliphatic heterocycles. The molecule has 0 aromatic carbocycles. The van der Waals surface area contributed by atoms with Crippen molar-refractivity contribution in [3.63, 3.8) is 0 Å². The van der Waals surface area contributed by atoms with Crippen molar-refractivity contribution in [2.45, 2.75) is 40.2 Å². The largest absolute Gasteiger partial charge is 0.346 e. The summed E-state index contributed by atoms with van der Waals surface area (Å²) in [6, 6.07) is -0.600. The fourth-order valence-corrected chi connectivity index (χ4v) is 2.48. The van der Waals surface area contributed by atoms with Crippen molar-refractivity contribution >= 4 is 28.3 Å². The van der Waals surface area contributed by atoms with Crippen LogP contribution in [0.3, 0.4) is 0 Å². The maximum Gasteiger partial charge on any atom is 0.245 e. The molecule has 0 saturated carbocycles. The number of nitrogens with zero attached hydrogens (tertiary/aromatic N) is 1. The van der Waals surface area contributed by atoms with E-state index in [0.717, 1.165) is 17.0 Å². The van der Waals surface area contributed by atoms with E-state index in [1.54, 1.807) is 0 Å². The van der Waals surface area contributed by atoms with Gasteiger partial charge in [0, 0.05) is 4.88 Å². The Morgan fingerprint density at radius 1 is 1.40 bits per heavy atom. The number of hydrogen-bond donors (Lipinski definition) is 3. The summed E-state index contributed by atoms with van der Waals surface area (Å²) in [7, 11) is 0. The van der Waals surface area contributed by atoms with E-state index in [2.05, 4.69) is 15.6 Å². The van der Waals surface area contributed by atoms with Crippen LogP contribution in [0.15, 0.2) is 0 Å². The van der Waals surface area contributed by atoms with E-state index < -0.39 is 6.04 Å². The summed E-state index contributed by atoms with van der Waals surface area (Å²) < 4.78 is 0. The molecule has 1 aromatic rings. The van der Waals surface area contributed by atoms with Crippen molar-refractivity contribution in [2.24, 2.45) is 11.7 Å². The number of nitrogens with two attached hydrogens (primary N) is 1. The standard InChI is InChI=1S/C13H22N4O2S/c1-5-9-8(4)20-13(16-9)17-10(18)6-15-12(19)11(14)7(2)3/h7,11H,5-6,14H2,1-4H3,(H,15,19)(H,16,17,18)/t11-/m0/s1. The normalized spacial score (nSPS) is 12.3. The maximum atomic E-state index is 11.7. The molecular weight excluding hydrogens is 276 g/mol. The second-order valence-corrected chi connectivity index (χ2v) is 6.11. The van der Waals surface area contributed by atoms with Crippen LogP contribution in [0.4, 0.5) is 5.13 Å². The summed E-state index contributed by atoms with van der Waals surface area (Å²) >= 11 is 1.43. The van der Waals surface area contributed by atoms with E-state index in [1.807, 2.05) is 27.7 Å². The van der Waals surface area contributed by atoms with Gasteiger partial charge < -0.3 is 16.4 Å². The second kappa shape index (κ2) is 7.35. The first kappa shape index (κ1) is 16.6. The summed E-state index contributed by atoms with van der Waals surface area (Å²) in [6.45, 7) is 7.60. The number of anilines is 1. The van der Waals surface area contributed by atoms with Crippen LogP contribution in [0.25, 0.3) is 0 Å². The van der Waals surface area contributed by atoms with Crippen LogP contribution in [-0.4, -0.2) is 29.4 Å². The summed E-state index contributed by atoms with van der Waals surface area (Å²) in [6.07, 6.45) is 0.832. The zero-order chi connectivity index (χ0) is 15.3. The molecule has 1 rings (SSSR count). The molecule has 0 bridgehead atoms. The Kier molecular flexibility index (Phi) is 6.09. The monoisotopic (exact) mass is 298 g/mol. The Morgan fingerprint density at radius 3 is 2.55 bits per heavy atom. The Labute approximate surface area is 123 Å². The van der Waals surface area contributed by atoms with Crippen LogP contribution in [0, 0.1) is 12.8 Å².